The topological polar surface area (TPSA) is 56.5 Å². The Kier molecular flexibility index (Phi) is 4.39. The fourth-order valence-corrected chi connectivity index (χ4v) is 3.16. The molecule has 1 aromatic carbocycles. The van der Waals surface area contributed by atoms with Crippen molar-refractivity contribution in [1.29, 1.82) is 0 Å². The van der Waals surface area contributed by atoms with Crippen LogP contribution in [0.4, 0.5) is 8.78 Å². The van der Waals surface area contributed by atoms with Gasteiger partial charge >= 0.3 is 6.61 Å². The predicted molar refractivity (Wildman–Crippen MR) is 89.4 cm³/mol. The van der Waals surface area contributed by atoms with Gasteiger partial charge in [-0.2, -0.15) is 18.6 Å². The summed E-state index contributed by atoms with van der Waals surface area (Å²) in [6.07, 6.45) is 2.82. The van der Waals surface area contributed by atoms with Crippen LogP contribution in [-0.4, -0.2) is 22.5 Å². The molecule has 3 rings (SSSR count). The van der Waals surface area contributed by atoms with Crippen LogP contribution in [0.25, 0.3) is 10.2 Å². The van der Waals surface area contributed by atoms with E-state index in [1.165, 1.54) is 36.0 Å². The molecule has 2 heterocycles. The minimum absolute atomic E-state index is 0.0618. The smallest absolute Gasteiger partial charge is 0.387 e. The summed E-state index contributed by atoms with van der Waals surface area (Å²) in [6, 6.07) is 5.95. The van der Waals surface area contributed by atoms with Gasteiger partial charge in [0.05, 0.1) is 11.6 Å². The quantitative estimate of drug-likeness (QED) is 0.677. The molecule has 0 fully saturated rings. The molecule has 8 heteroatoms. The standard InChI is InChI=1S/C16H13F2N3O2S/c1-9-10(2)24-14-13(9)15(22)21(8-19-14)20-7-11-3-5-12(6-4-11)23-16(17)18/h3-8,16H,1-2H3. The van der Waals surface area contributed by atoms with Crippen LogP contribution in [0.15, 0.2) is 40.5 Å². The highest BCUT2D eigenvalue weighted by Crippen LogP contribution is 2.25. The molecule has 124 valence electrons. The molecule has 0 saturated carbocycles. The number of thiophene rings is 1. The Morgan fingerprint density at radius 3 is 2.67 bits per heavy atom. The second kappa shape index (κ2) is 6.48. The van der Waals surface area contributed by atoms with Crippen molar-refractivity contribution in [2.75, 3.05) is 0 Å². The number of hydrogen-bond acceptors (Lipinski definition) is 5. The summed E-state index contributed by atoms with van der Waals surface area (Å²) in [5.41, 5.74) is 1.31. The third-order valence-electron chi connectivity index (χ3n) is 3.51. The number of nitrogens with zero attached hydrogens (tertiary/aromatic N) is 3. The monoisotopic (exact) mass is 349 g/mol. The summed E-state index contributed by atoms with van der Waals surface area (Å²) in [4.78, 5) is 18.5. The molecule has 0 radical (unpaired) electrons. The van der Waals surface area contributed by atoms with E-state index in [0.717, 1.165) is 15.1 Å². The normalized spacial score (nSPS) is 11.7. The summed E-state index contributed by atoms with van der Waals surface area (Å²) < 4.78 is 29.6. The summed E-state index contributed by atoms with van der Waals surface area (Å²) in [5.74, 6) is 0.0618. The van der Waals surface area contributed by atoms with Gasteiger partial charge in [0, 0.05) is 4.88 Å². The van der Waals surface area contributed by atoms with E-state index in [1.54, 1.807) is 12.1 Å². The number of ether oxygens (including phenoxy) is 1. The van der Waals surface area contributed by atoms with Gasteiger partial charge in [-0.15, -0.1) is 11.3 Å². The Balaban J connectivity index is 1.89. The second-order valence-corrected chi connectivity index (χ2v) is 6.25. The molecule has 0 saturated heterocycles. The third-order valence-corrected chi connectivity index (χ3v) is 4.62. The summed E-state index contributed by atoms with van der Waals surface area (Å²) in [6.45, 7) is 0.961. The summed E-state index contributed by atoms with van der Waals surface area (Å²) in [5, 5.41) is 4.67. The van der Waals surface area contributed by atoms with Gasteiger partial charge in [0.15, 0.2) is 0 Å². The maximum absolute atomic E-state index is 12.5. The van der Waals surface area contributed by atoms with E-state index in [4.69, 9.17) is 0 Å². The van der Waals surface area contributed by atoms with Gasteiger partial charge in [-0.1, -0.05) is 0 Å². The first kappa shape index (κ1) is 16.3. The van der Waals surface area contributed by atoms with Gasteiger partial charge in [0.25, 0.3) is 5.56 Å². The van der Waals surface area contributed by atoms with Crippen LogP contribution in [0.3, 0.4) is 0 Å². The van der Waals surface area contributed by atoms with E-state index in [1.807, 2.05) is 13.8 Å². The fourth-order valence-electron chi connectivity index (χ4n) is 2.17. The lowest BCUT2D eigenvalue weighted by Gasteiger charge is -2.03. The van der Waals surface area contributed by atoms with Crippen molar-refractivity contribution in [3.05, 3.63) is 57.0 Å². The zero-order chi connectivity index (χ0) is 17.3. The molecule has 0 aliphatic heterocycles. The highest BCUT2D eigenvalue weighted by molar-refractivity contribution is 7.18. The van der Waals surface area contributed by atoms with Gasteiger partial charge in [-0.05, 0) is 49.2 Å². The highest BCUT2D eigenvalue weighted by atomic mass is 32.1. The maximum atomic E-state index is 12.5. The number of fused-ring (bicyclic) bond motifs is 1. The second-order valence-electron chi connectivity index (χ2n) is 5.05. The van der Waals surface area contributed by atoms with Crippen molar-refractivity contribution in [3.8, 4) is 5.75 Å². The molecule has 2 aromatic heterocycles. The molecular weight excluding hydrogens is 336 g/mol. The van der Waals surface area contributed by atoms with Crippen molar-refractivity contribution in [3.63, 3.8) is 0 Å². The number of aryl methyl sites for hydroxylation is 2. The van der Waals surface area contributed by atoms with Crippen LogP contribution < -0.4 is 10.3 Å². The fraction of sp³-hybridized carbons (Fsp3) is 0.188. The Hall–Kier alpha value is -2.61. The number of hydrogen-bond donors (Lipinski definition) is 0. The number of benzene rings is 1. The molecule has 0 N–H and O–H groups in total. The van der Waals surface area contributed by atoms with Crippen LogP contribution in [0.2, 0.25) is 0 Å². The van der Waals surface area contributed by atoms with Crippen LogP contribution in [-0.2, 0) is 0 Å². The lowest BCUT2D eigenvalue weighted by Crippen LogP contribution is -2.16. The number of rotatable bonds is 4. The first-order valence-electron chi connectivity index (χ1n) is 7.02. The molecule has 0 aliphatic rings. The molecule has 5 nitrogen and oxygen atoms in total. The third kappa shape index (κ3) is 3.18. The molecule has 0 aliphatic carbocycles. The van der Waals surface area contributed by atoms with Gasteiger partial charge in [0.2, 0.25) is 0 Å². The van der Waals surface area contributed by atoms with Crippen molar-refractivity contribution < 1.29 is 13.5 Å². The lowest BCUT2D eigenvalue weighted by atomic mass is 10.2. The molecular formula is C16H13F2N3O2S. The molecule has 0 amide bonds. The summed E-state index contributed by atoms with van der Waals surface area (Å²) in [7, 11) is 0. The zero-order valence-corrected chi connectivity index (χ0v) is 13.7. The van der Waals surface area contributed by atoms with Gasteiger partial charge < -0.3 is 4.74 Å². The molecule has 0 atom stereocenters. The first-order valence-corrected chi connectivity index (χ1v) is 7.84. The van der Waals surface area contributed by atoms with Crippen molar-refractivity contribution in [2.45, 2.75) is 20.5 Å². The van der Waals surface area contributed by atoms with Crippen LogP contribution >= 0.6 is 11.3 Å². The van der Waals surface area contributed by atoms with E-state index in [-0.39, 0.29) is 11.3 Å². The van der Waals surface area contributed by atoms with E-state index < -0.39 is 6.61 Å². The zero-order valence-electron chi connectivity index (χ0n) is 12.9. The number of aromatic nitrogens is 2. The van der Waals surface area contributed by atoms with Crippen LogP contribution in [0.1, 0.15) is 16.0 Å². The lowest BCUT2D eigenvalue weighted by molar-refractivity contribution is -0.0498. The molecule has 0 spiro atoms. The Bertz CT molecular complexity index is 962. The van der Waals surface area contributed by atoms with E-state index in [9.17, 15) is 13.6 Å². The average molecular weight is 349 g/mol. The Morgan fingerprint density at radius 1 is 1.29 bits per heavy atom. The Morgan fingerprint density at radius 2 is 2.00 bits per heavy atom. The van der Waals surface area contributed by atoms with Gasteiger partial charge in [0.1, 0.15) is 16.9 Å². The average Bonchev–Trinajstić information content (AvgIpc) is 2.83. The SMILES string of the molecule is Cc1sc2ncn(N=Cc3ccc(OC(F)F)cc3)c(=O)c2c1C. The molecule has 0 unspecified atom stereocenters. The molecule has 24 heavy (non-hydrogen) atoms. The number of halogens is 2. The van der Waals surface area contributed by atoms with Crippen molar-refractivity contribution in [1.82, 2.24) is 9.66 Å². The number of alkyl halides is 2. The first-order chi connectivity index (χ1) is 11.5. The Labute approximate surface area is 139 Å². The largest absolute Gasteiger partial charge is 0.435 e. The van der Waals surface area contributed by atoms with E-state index in [2.05, 4.69) is 14.8 Å². The molecule has 3 aromatic rings. The van der Waals surface area contributed by atoms with E-state index in [0.29, 0.717) is 15.8 Å². The highest BCUT2D eigenvalue weighted by Gasteiger charge is 2.11. The van der Waals surface area contributed by atoms with Crippen molar-refractivity contribution in [2.24, 2.45) is 5.10 Å². The van der Waals surface area contributed by atoms with Gasteiger partial charge in [-0.3, -0.25) is 4.79 Å². The minimum Gasteiger partial charge on any atom is -0.435 e. The van der Waals surface area contributed by atoms with Crippen LogP contribution in [0, 0.1) is 13.8 Å². The van der Waals surface area contributed by atoms with Gasteiger partial charge in [-0.25, -0.2) is 4.98 Å². The van der Waals surface area contributed by atoms with Crippen molar-refractivity contribution >= 4 is 27.8 Å². The maximum Gasteiger partial charge on any atom is 0.387 e. The minimum atomic E-state index is -2.86. The van der Waals surface area contributed by atoms with E-state index >= 15 is 0 Å². The van der Waals surface area contributed by atoms with Crippen LogP contribution in [0.5, 0.6) is 5.75 Å². The molecule has 0 bridgehead atoms. The summed E-state index contributed by atoms with van der Waals surface area (Å²) >= 11 is 1.47. The predicted octanol–water partition coefficient (Wildman–Crippen LogP) is 3.56.